The lowest BCUT2D eigenvalue weighted by Crippen LogP contribution is -2.31. The third kappa shape index (κ3) is 4.02. The van der Waals surface area contributed by atoms with E-state index in [9.17, 15) is 9.59 Å². The van der Waals surface area contributed by atoms with Gasteiger partial charge in [0.2, 0.25) is 0 Å². The normalized spacial score (nSPS) is 11.9. The highest BCUT2D eigenvalue weighted by molar-refractivity contribution is 9.10. The zero-order chi connectivity index (χ0) is 13.0. The smallest absolute Gasteiger partial charge is 0.308 e. The minimum Gasteiger partial charge on any atom is -0.481 e. The topological polar surface area (TPSA) is 66.4 Å². The molecule has 17 heavy (non-hydrogen) atoms. The molecule has 1 amide bonds. The van der Waals surface area contributed by atoms with E-state index < -0.39 is 11.9 Å². The molecule has 0 aliphatic heterocycles. The number of carboxylic acid groups (broad SMARTS) is 1. The highest BCUT2D eigenvalue weighted by Crippen LogP contribution is 2.21. The van der Waals surface area contributed by atoms with Gasteiger partial charge in [0.15, 0.2) is 0 Å². The Hall–Kier alpha value is -1.07. The summed E-state index contributed by atoms with van der Waals surface area (Å²) in [6.45, 7) is 1.59. The monoisotopic (exact) mass is 319 g/mol. The van der Waals surface area contributed by atoms with E-state index in [2.05, 4.69) is 21.2 Å². The largest absolute Gasteiger partial charge is 0.481 e. The third-order valence-electron chi connectivity index (χ3n) is 2.17. The van der Waals surface area contributed by atoms with Gasteiger partial charge in [0.1, 0.15) is 0 Å². The van der Waals surface area contributed by atoms with E-state index in [1.165, 1.54) is 6.92 Å². The molecular formula is C11H11BrClNO3. The average Bonchev–Trinajstić information content (AvgIpc) is 2.25. The summed E-state index contributed by atoms with van der Waals surface area (Å²) in [5.41, 5.74) is 0.326. The second-order valence-electron chi connectivity index (χ2n) is 3.57. The number of hydrogen-bond acceptors (Lipinski definition) is 2. The highest BCUT2D eigenvalue weighted by Gasteiger charge is 2.14. The first kappa shape index (κ1) is 14.0. The summed E-state index contributed by atoms with van der Waals surface area (Å²) in [6, 6.07) is 4.88. The molecule has 0 saturated heterocycles. The van der Waals surface area contributed by atoms with Crippen LogP contribution >= 0.6 is 27.5 Å². The Bertz CT molecular complexity index is 450. The van der Waals surface area contributed by atoms with Crippen LogP contribution in [0.2, 0.25) is 5.02 Å². The maximum absolute atomic E-state index is 11.7. The van der Waals surface area contributed by atoms with Crippen molar-refractivity contribution in [2.45, 2.75) is 6.92 Å². The molecule has 0 radical (unpaired) electrons. The zero-order valence-electron chi connectivity index (χ0n) is 9.04. The molecule has 0 heterocycles. The van der Waals surface area contributed by atoms with Crippen LogP contribution in [-0.4, -0.2) is 23.5 Å². The number of carboxylic acids is 1. The van der Waals surface area contributed by atoms with Gasteiger partial charge in [-0.3, -0.25) is 9.59 Å². The van der Waals surface area contributed by atoms with Crippen LogP contribution < -0.4 is 5.32 Å². The first-order chi connectivity index (χ1) is 7.91. The molecule has 0 bridgehead atoms. The van der Waals surface area contributed by atoms with E-state index in [-0.39, 0.29) is 12.5 Å². The number of amides is 1. The second-order valence-corrected chi connectivity index (χ2v) is 4.90. The SMILES string of the molecule is C[C@H](CNC(=O)c1ccc(Br)cc1Cl)C(=O)O. The average molecular weight is 321 g/mol. The van der Waals surface area contributed by atoms with Crippen molar-refractivity contribution in [2.24, 2.45) is 5.92 Å². The lowest BCUT2D eigenvalue weighted by molar-refractivity contribution is -0.140. The fourth-order valence-electron chi connectivity index (χ4n) is 1.10. The summed E-state index contributed by atoms with van der Waals surface area (Å²) in [6.07, 6.45) is 0. The molecular weight excluding hydrogens is 309 g/mol. The number of rotatable bonds is 4. The quantitative estimate of drug-likeness (QED) is 0.896. The molecule has 1 aromatic carbocycles. The fraction of sp³-hybridized carbons (Fsp3) is 0.273. The predicted molar refractivity (Wildman–Crippen MR) is 68.3 cm³/mol. The van der Waals surface area contributed by atoms with Gasteiger partial charge in [0.05, 0.1) is 16.5 Å². The van der Waals surface area contributed by atoms with Crippen LogP contribution in [0.4, 0.5) is 0 Å². The van der Waals surface area contributed by atoms with Crippen molar-refractivity contribution in [3.8, 4) is 0 Å². The van der Waals surface area contributed by atoms with Crippen molar-refractivity contribution >= 4 is 39.4 Å². The fourth-order valence-corrected chi connectivity index (χ4v) is 1.86. The molecule has 0 aromatic heterocycles. The van der Waals surface area contributed by atoms with E-state index in [4.69, 9.17) is 16.7 Å². The van der Waals surface area contributed by atoms with Gasteiger partial charge in [0.25, 0.3) is 5.91 Å². The Morgan fingerprint density at radius 3 is 2.71 bits per heavy atom. The van der Waals surface area contributed by atoms with E-state index in [1.807, 2.05) is 0 Å². The molecule has 4 nitrogen and oxygen atoms in total. The van der Waals surface area contributed by atoms with Crippen LogP contribution in [0.1, 0.15) is 17.3 Å². The summed E-state index contributed by atoms with van der Waals surface area (Å²) < 4.78 is 0.776. The van der Waals surface area contributed by atoms with Crippen molar-refractivity contribution < 1.29 is 14.7 Å². The summed E-state index contributed by atoms with van der Waals surface area (Å²) >= 11 is 9.13. The molecule has 0 aliphatic carbocycles. The zero-order valence-corrected chi connectivity index (χ0v) is 11.4. The van der Waals surface area contributed by atoms with Gasteiger partial charge in [-0.15, -0.1) is 0 Å². The number of hydrogen-bond donors (Lipinski definition) is 2. The van der Waals surface area contributed by atoms with Gasteiger partial charge in [-0.05, 0) is 18.2 Å². The molecule has 1 atom stereocenters. The van der Waals surface area contributed by atoms with Crippen molar-refractivity contribution in [1.29, 1.82) is 0 Å². The first-order valence-corrected chi connectivity index (χ1v) is 6.05. The minimum absolute atomic E-state index is 0.0700. The van der Waals surface area contributed by atoms with Gasteiger partial charge in [-0.25, -0.2) is 0 Å². The van der Waals surface area contributed by atoms with Gasteiger partial charge >= 0.3 is 5.97 Å². The Labute approximate surface area is 112 Å². The molecule has 2 N–H and O–H groups in total. The van der Waals surface area contributed by atoms with E-state index >= 15 is 0 Å². The Kier molecular flexibility index (Phi) is 4.96. The molecule has 92 valence electrons. The number of benzene rings is 1. The van der Waals surface area contributed by atoms with Crippen LogP contribution in [0, 0.1) is 5.92 Å². The minimum atomic E-state index is -0.952. The number of carbonyl (C=O) groups excluding carboxylic acids is 1. The van der Waals surface area contributed by atoms with Gasteiger partial charge in [-0.2, -0.15) is 0 Å². The Morgan fingerprint density at radius 1 is 1.53 bits per heavy atom. The van der Waals surface area contributed by atoms with Crippen LogP contribution in [0.15, 0.2) is 22.7 Å². The summed E-state index contributed by atoms with van der Waals surface area (Å²) in [5, 5.41) is 11.5. The van der Waals surface area contributed by atoms with Crippen LogP contribution in [0.25, 0.3) is 0 Å². The molecule has 0 fully saturated rings. The van der Waals surface area contributed by atoms with Crippen LogP contribution in [0.3, 0.4) is 0 Å². The molecule has 0 spiro atoms. The molecule has 0 unspecified atom stereocenters. The van der Waals surface area contributed by atoms with E-state index in [0.717, 1.165) is 4.47 Å². The van der Waals surface area contributed by atoms with Crippen LogP contribution in [0.5, 0.6) is 0 Å². The number of carbonyl (C=O) groups is 2. The van der Waals surface area contributed by atoms with Gasteiger partial charge < -0.3 is 10.4 Å². The summed E-state index contributed by atoms with van der Waals surface area (Å²) in [5.74, 6) is -1.96. The molecule has 0 aliphatic rings. The van der Waals surface area contributed by atoms with Crippen LogP contribution in [-0.2, 0) is 4.79 Å². The maximum Gasteiger partial charge on any atom is 0.308 e. The Morgan fingerprint density at radius 2 is 2.18 bits per heavy atom. The number of nitrogens with one attached hydrogen (secondary N) is 1. The molecule has 1 aromatic rings. The summed E-state index contributed by atoms with van der Waals surface area (Å²) in [7, 11) is 0. The lowest BCUT2D eigenvalue weighted by atomic mass is 10.1. The molecule has 0 saturated carbocycles. The number of aliphatic carboxylic acids is 1. The molecule has 6 heteroatoms. The van der Waals surface area contributed by atoms with Gasteiger partial charge in [-0.1, -0.05) is 34.5 Å². The predicted octanol–water partition coefficient (Wildman–Crippen LogP) is 2.55. The van der Waals surface area contributed by atoms with Crippen molar-refractivity contribution in [1.82, 2.24) is 5.32 Å². The standard InChI is InChI=1S/C11H11BrClNO3/c1-6(11(16)17)5-14-10(15)8-3-2-7(12)4-9(8)13/h2-4,6H,5H2,1H3,(H,14,15)(H,16,17)/t6-/m1/s1. The number of halogens is 2. The van der Waals surface area contributed by atoms with Crippen molar-refractivity contribution in [2.75, 3.05) is 6.54 Å². The third-order valence-corrected chi connectivity index (χ3v) is 2.97. The summed E-state index contributed by atoms with van der Waals surface area (Å²) in [4.78, 5) is 22.3. The maximum atomic E-state index is 11.7. The first-order valence-electron chi connectivity index (χ1n) is 4.88. The molecule has 1 rings (SSSR count). The van der Waals surface area contributed by atoms with E-state index in [1.54, 1.807) is 18.2 Å². The highest BCUT2D eigenvalue weighted by atomic mass is 79.9. The Balaban J connectivity index is 2.67. The van der Waals surface area contributed by atoms with Crippen molar-refractivity contribution in [3.63, 3.8) is 0 Å². The second kappa shape index (κ2) is 6.02. The van der Waals surface area contributed by atoms with Gasteiger partial charge in [0, 0.05) is 11.0 Å². The van der Waals surface area contributed by atoms with E-state index in [0.29, 0.717) is 10.6 Å². The lowest BCUT2D eigenvalue weighted by Gasteiger charge is -2.09. The van der Waals surface area contributed by atoms with Crippen molar-refractivity contribution in [3.05, 3.63) is 33.3 Å².